The van der Waals surface area contributed by atoms with Crippen LogP contribution < -0.4 is 21.0 Å². The molecule has 5 aromatic rings. The van der Waals surface area contributed by atoms with E-state index in [4.69, 9.17) is 9.47 Å². The number of fused-ring (bicyclic) bond motifs is 1. The number of pyridine rings is 1. The van der Waals surface area contributed by atoms with E-state index >= 15 is 4.39 Å². The number of anilines is 2. The summed E-state index contributed by atoms with van der Waals surface area (Å²) in [5.74, 6) is -0.940. The van der Waals surface area contributed by atoms with E-state index in [1.165, 1.54) is 6.20 Å². The van der Waals surface area contributed by atoms with Crippen LogP contribution in [0.15, 0.2) is 77.7 Å². The van der Waals surface area contributed by atoms with Gasteiger partial charge in [0.2, 0.25) is 5.91 Å². The lowest BCUT2D eigenvalue weighted by molar-refractivity contribution is -0.117. The van der Waals surface area contributed by atoms with E-state index < -0.39 is 35.4 Å². The van der Waals surface area contributed by atoms with Crippen molar-refractivity contribution in [3.05, 3.63) is 117 Å². The predicted octanol–water partition coefficient (Wildman–Crippen LogP) is 5.43. The first-order chi connectivity index (χ1) is 26.9. The second-order valence-electron chi connectivity index (χ2n) is 13.9. The fraction of sp³-hybridized carbons (Fsp3) is 0.325. The Morgan fingerprint density at radius 2 is 1.57 bits per heavy atom. The summed E-state index contributed by atoms with van der Waals surface area (Å²) in [5.41, 5.74) is 2.33. The second kappa shape index (κ2) is 17.3. The number of piperazine rings is 1. The van der Waals surface area contributed by atoms with E-state index in [0.717, 1.165) is 11.6 Å². The average molecular weight is 767 g/mol. The Labute approximate surface area is 321 Å². The third kappa shape index (κ3) is 9.02. The number of carbonyl (C=O) groups is 4. The zero-order chi connectivity index (χ0) is 39.9. The number of hydrogen-bond acceptors (Lipinski definition) is 10. The minimum Gasteiger partial charge on any atom is -0.445 e. The van der Waals surface area contributed by atoms with Crippen molar-refractivity contribution in [2.45, 2.75) is 45.9 Å². The molecular formula is C40H43FN8O7. The summed E-state index contributed by atoms with van der Waals surface area (Å²) in [6.07, 6.45) is 0.770. The van der Waals surface area contributed by atoms with Crippen molar-refractivity contribution in [1.29, 1.82) is 0 Å². The van der Waals surface area contributed by atoms with Crippen LogP contribution in [0, 0.1) is 11.7 Å². The number of halogens is 1. The van der Waals surface area contributed by atoms with Gasteiger partial charge in [0.15, 0.2) is 17.5 Å². The number of aromatic nitrogens is 4. The maximum atomic E-state index is 15.1. The molecule has 292 valence electrons. The number of nitrogens with one attached hydrogen (secondary N) is 3. The van der Waals surface area contributed by atoms with Gasteiger partial charge in [0.05, 0.1) is 28.7 Å². The highest BCUT2D eigenvalue weighted by atomic mass is 19.1. The predicted molar refractivity (Wildman–Crippen MR) is 206 cm³/mol. The van der Waals surface area contributed by atoms with Crippen LogP contribution in [0.3, 0.4) is 0 Å². The minimum atomic E-state index is -0.696. The van der Waals surface area contributed by atoms with Gasteiger partial charge in [0, 0.05) is 50.5 Å². The lowest BCUT2D eigenvalue weighted by Gasteiger charge is -2.35. The molecule has 3 aromatic carbocycles. The molecule has 16 heteroatoms. The van der Waals surface area contributed by atoms with Gasteiger partial charge in [0.1, 0.15) is 24.9 Å². The molecule has 2 atom stereocenters. The monoisotopic (exact) mass is 766 g/mol. The number of aryl methyl sites for hydroxylation is 1. The lowest BCUT2D eigenvalue weighted by Crippen LogP contribution is -2.49. The molecule has 2 aromatic heterocycles. The fourth-order valence-electron chi connectivity index (χ4n) is 6.33. The number of aromatic amines is 1. The summed E-state index contributed by atoms with van der Waals surface area (Å²) >= 11 is 0. The van der Waals surface area contributed by atoms with E-state index in [9.17, 15) is 24.0 Å². The standard InChI is InChI=1S/C40H43FN8O7/c1-24(2)34(43-39(53)55-22-26-8-6-5-7-9-26)37-44-36(45-46-37)25(3)38(52)42-29-12-10-27(11-13-29)23-56-40(54)49-16-14-48(15-17-49)33-19-32-30(18-31(33)41)35(51)28(21-50)20-47(32)4/h5-13,18-21,24-25,34H,14-17,22-23H2,1-4H3,(H,42,52)(H,43,53)(H,44,45,46)/t25?,34-/m0/s1. The van der Waals surface area contributed by atoms with E-state index in [0.29, 0.717) is 66.6 Å². The first-order valence-corrected chi connectivity index (χ1v) is 18.2. The summed E-state index contributed by atoms with van der Waals surface area (Å²) in [6, 6.07) is 18.4. The van der Waals surface area contributed by atoms with Gasteiger partial charge in [-0.15, -0.1) is 10.2 Å². The third-order valence-electron chi connectivity index (χ3n) is 9.65. The Morgan fingerprint density at radius 1 is 0.911 bits per heavy atom. The molecule has 3 N–H and O–H groups in total. The first-order valence-electron chi connectivity index (χ1n) is 18.2. The Morgan fingerprint density at radius 3 is 2.25 bits per heavy atom. The lowest BCUT2D eigenvalue weighted by atomic mass is 10.0. The van der Waals surface area contributed by atoms with Crippen LogP contribution in [0.5, 0.6) is 0 Å². The average Bonchev–Trinajstić information content (AvgIpc) is 3.70. The summed E-state index contributed by atoms with van der Waals surface area (Å²) < 4.78 is 27.7. The Balaban J connectivity index is 0.966. The summed E-state index contributed by atoms with van der Waals surface area (Å²) in [6.45, 7) is 6.94. The van der Waals surface area contributed by atoms with Crippen LogP contribution in [0.2, 0.25) is 0 Å². The molecule has 0 aliphatic carbocycles. The van der Waals surface area contributed by atoms with Crippen LogP contribution in [0.4, 0.5) is 25.4 Å². The largest absolute Gasteiger partial charge is 0.445 e. The van der Waals surface area contributed by atoms with E-state index in [2.05, 4.69) is 25.8 Å². The molecule has 1 saturated heterocycles. The number of alkyl carbamates (subject to hydrolysis) is 1. The summed E-state index contributed by atoms with van der Waals surface area (Å²) in [7, 11) is 1.68. The number of nitrogens with zero attached hydrogens (tertiary/aromatic N) is 5. The molecule has 0 bridgehead atoms. The molecule has 3 amide bonds. The number of amides is 3. The normalized spacial score (nSPS) is 14.0. The van der Waals surface area contributed by atoms with Crippen LogP contribution in [-0.4, -0.2) is 75.2 Å². The van der Waals surface area contributed by atoms with Crippen molar-refractivity contribution in [3.63, 3.8) is 0 Å². The van der Waals surface area contributed by atoms with E-state index in [-0.39, 0.29) is 36.0 Å². The van der Waals surface area contributed by atoms with Gasteiger partial charge in [0.25, 0.3) is 0 Å². The van der Waals surface area contributed by atoms with Crippen molar-refractivity contribution in [2.24, 2.45) is 13.0 Å². The maximum Gasteiger partial charge on any atom is 0.410 e. The number of hydrogen-bond donors (Lipinski definition) is 3. The fourth-order valence-corrected chi connectivity index (χ4v) is 6.33. The molecule has 1 fully saturated rings. The molecule has 1 aliphatic heterocycles. The maximum absolute atomic E-state index is 15.1. The van der Waals surface area contributed by atoms with Gasteiger partial charge in [-0.3, -0.25) is 14.4 Å². The van der Waals surface area contributed by atoms with Gasteiger partial charge < -0.3 is 39.5 Å². The van der Waals surface area contributed by atoms with Gasteiger partial charge in [-0.25, -0.2) is 14.0 Å². The molecule has 56 heavy (non-hydrogen) atoms. The van der Waals surface area contributed by atoms with Crippen LogP contribution >= 0.6 is 0 Å². The van der Waals surface area contributed by atoms with Crippen LogP contribution in [-0.2, 0) is 34.5 Å². The molecule has 0 saturated carbocycles. The SMILES string of the molecule is CC(C(=O)Nc1ccc(COC(=O)N2CCN(c3cc4c(cc3F)c(=O)c(C=O)cn4C)CC2)cc1)c1nnc([C@@H](NC(=O)OCc2ccccc2)C(C)C)[nH]1. The number of aldehydes is 1. The van der Waals surface area contributed by atoms with Crippen molar-refractivity contribution >= 4 is 46.7 Å². The van der Waals surface area contributed by atoms with E-state index in [1.807, 2.05) is 44.2 Å². The summed E-state index contributed by atoms with van der Waals surface area (Å²) in [4.78, 5) is 68.8. The minimum absolute atomic E-state index is 0.00543. The van der Waals surface area contributed by atoms with Gasteiger partial charge in [-0.1, -0.05) is 56.3 Å². The van der Waals surface area contributed by atoms with Gasteiger partial charge in [-0.05, 0) is 48.2 Å². The van der Waals surface area contributed by atoms with Crippen LogP contribution in [0.1, 0.15) is 65.9 Å². The molecular weight excluding hydrogens is 723 g/mol. The van der Waals surface area contributed by atoms with E-state index in [1.54, 1.807) is 58.7 Å². The Bertz CT molecular complexity index is 2270. The topological polar surface area (TPSA) is 181 Å². The number of rotatable bonds is 12. The van der Waals surface area contributed by atoms with Crippen molar-refractivity contribution in [2.75, 3.05) is 36.4 Å². The van der Waals surface area contributed by atoms with Crippen molar-refractivity contribution in [3.8, 4) is 0 Å². The number of carbonyl (C=O) groups excluding carboxylic acids is 4. The summed E-state index contributed by atoms with van der Waals surface area (Å²) in [5, 5.41) is 14.2. The van der Waals surface area contributed by atoms with Gasteiger partial charge in [-0.2, -0.15) is 0 Å². The molecule has 15 nitrogen and oxygen atoms in total. The van der Waals surface area contributed by atoms with Crippen LogP contribution in [0.25, 0.3) is 10.9 Å². The zero-order valence-electron chi connectivity index (χ0n) is 31.5. The molecule has 0 radical (unpaired) electrons. The highest BCUT2D eigenvalue weighted by molar-refractivity contribution is 5.95. The molecule has 3 heterocycles. The number of H-pyrrole nitrogens is 1. The quantitative estimate of drug-likeness (QED) is 0.139. The highest BCUT2D eigenvalue weighted by Gasteiger charge is 2.27. The molecule has 0 spiro atoms. The Hall–Kier alpha value is -6.58. The molecule has 1 unspecified atom stereocenters. The zero-order valence-corrected chi connectivity index (χ0v) is 31.5. The van der Waals surface area contributed by atoms with Crippen molar-refractivity contribution in [1.82, 2.24) is 30.0 Å². The number of ether oxygens (including phenoxy) is 2. The first kappa shape index (κ1) is 39.1. The van der Waals surface area contributed by atoms with Crippen molar-refractivity contribution < 1.29 is 33.0 Å². The second-order valence-corrected chi connectivity index (χ2v) is 13.9. The molecule has 1 aliphatic rings. The number of benzene rings is 3. The third-order valence-corrected chi connectivity index (χ3v) is 9.65. The molecule has 6 rings (SSSR count). The van der Waals surface area contributed by atoms with Gasteiger partial charge >= 0.3 is 12.2 Å². The smallest absolute Gasteiger partial charge is 0.410 e. The Kier molecular flexibility index (Phi) is 12.1. The highest BCUT2D eigenvalue weighted by Crippen LogP contribution is 2.27.